The molecule has 0 aliphatic carbocycles. The first-order chi connectivity index (χ1) is 5.66. The summed E-state index contributed by atoms with van der Waals surface area (Å²) in [5.41, 5.74) is 2.89. The molecule has 0 saturated heterocycles. The lowest BCUT2D eigenvalue weighted by Gasteiger charge is -1.94. The minimum absolute atomic E-state index is 0.584. The topological polar surface area (TPSA) is 25.8 Å². The minimum atomic E-state index is 0.584. The number of hydrogen-bond acceptors (Lipinski definition) is 3. The van der Waals surface area contributed by atoms with Gasteiger partial charge in [0.1, 0.15) is 5.52 Å². The average molecular weight is 199 g/mol. The lowest BCUT2D eigenvalue weighted by atomic mass is 10.3. The third-order valence-electron chi connectivity index (χ3n) is 1.65. The highest BCUT2D eigenvalue weighted by molar-refractivity contribution is 7.22. The highest BCUT2D eigenvalue weighted by Crippen LogP contribution is 2.27. The zero-order chi connectivity index (χ0) is 8.72. The number of aryl methyl sites for hydroxylation is 2. The lowest BCUT2D eigenvalue weighted by Crippen LogP contribution is -1.85. The van der Waals surface area contributed by atoms with E-state index in [2.05, 4.69) is 9.97 Å². The van der Waals surface area contributed by atoms with E-state index in [0.717, 1.165) is 21.6 Å². The monoisotopic (exact) mass is 198 g/mol. The maximum Gasteiger partial charge on any atom is 0.184 e. The van der Waals surface area contributed by atoms with Gasteiger partial charge in [-0.3, -0.25) is 4.98 Å². The van der Waals surface area contributed by atoms with E-state index in [9.17, 15) is 0 Å². The summed E-state index contributed by atoms with van der Waals surface area (Å²) >= 11 is 7.28. The maximum atomic E-state index is 5.79. The molecule has 2 aromatic rings. The van der Waals surface area contributed by atoms with Crippen LogP contribution in [0.15, 0.2) is 6.07 Å². The Bertz CT molecular complexity index is 436. The Morgan fingerprint density at radius 2 is 2.08 bits per heavy atom. The van der Waals surface area contributed by atoms with Gasteiger partial charge in [0.05, 0.1) is 10.4 Å². The Morgan fingerprint density at radius 1 is 1.33 bits per heavy atom. The molecular formula is C8H7ClN2S. The van der Waals surface area contributed by atoms with Crippen molar-refractivity contribution in [2.24, 2.45) is 0 Å². The zero-order valence-corrected chi connectivity index (χ0v) is 8.33. The molecule has 12 heavy (non-hydrogen) atoms. The maximum absolute atomic E-state index is 5.79. The molecule has 2 heterocycles. The fraction of sp³-hybridized carbons (Fsp3) is 0.250. The SMILES string of the molecule is Cc1cc2sc(Cl)nc2c(C)n1. The Kier molecular flexibility index (Phi) is 1.77. The van der Waals surface area contributed by atoms with Crippen LogP contribution in [-0.4, -0.2) is 9.97 Å². The molecule has 2 aromatic heterocycles. The van der Waals surface area contributed by atoms with Gasteiger partial charge < -0.3 is 0 Å². The second kappa shape index (κ2) is 2.68. The van der Waals surface area contributed by atoms with Crippen molar-refractivity contribution < 1.29 is 0 Å². The summed E-state index contributed by atoms with van der Waals surface area (Å²) in [4.78, 5) is 8.48. The molecule has 4 heteroatoms. The van der Waals surface area contributed by atoms with E-state index in [1.165, 1.54) is 11.3 Å². The summed E-state index contributed by atoms with van der Waals surface area (Å²) in [5.74, 6) is 0. The molecule has 0 amide bonds. The summed E-state index contributed by atoms with van der Waals surface area (Å²) < 4.78 is 1.70. The van der Waals surface area contributed by atoms with E-state index in [1.54, 1.807) is 0 Å². The summed E-state index contributed by atoms with van der Waals surface area (Å²) in [5, 5.41) is 0. The fourth-order valence-electron chi connectivity index (χ4n) is 1.20. The van der Waals surface area contributed by atoms with Crippen LogP contribution in [0.25, 0.3) is 10.2 Å². The number of rotatable bonds is 0. The summed E-state index contributed by atoms with van der Waals surface area (Å²) in [6.07, 6.45) is 0. The highest BCUT2D eigenvalue weighted by atomic mass is 35.5. The van der Waals surface area contributed by atoms with Crippen molar-refractivity contribution in [1.82, 2.24) is 9.97 Å². The van der Waals surface area contributed by atoms with Crippen molar-refractivity contribution in [1.29, 1.82) is 0 Å². The molecule has 0 aromatic carbocycles. The van der Waals surface area contributed by atoms with Gasteiger partial charge in [-0.05, 0) is 19.9 Å². The van der Waals surface area contributed by atoms with E-state index in [4.69, 9.17) is 11.6 Å². The third-order valence-corrected chi connectivity index (χ3v) is 2.76. The van der Waals surface area contributed by atoms with Gasteiger partial charge in [-0.15, -0.1) is 11.3 Å². The lowest BCUT2D eigenvalue weighted by molar-refractivity contribution is 1.14. The van der Waals surface area contributed by atoms with E-state index in [1.807, 2.05) is 19.9 Å². The van der Waals surface area contributed by atoms with E-state index in [0.29, 0.717) is 4.47 Å². The van der Waals surface area contributed by atoms with Crippen LogP contribution < -0.4 is 0 Å². The first-order valence-electron chi connectivity index (χ1n) is 3.57. The van der Waals surface area contributed by atoms with E-state index >= 15 is 0 Å². The predicted octanol–water partition coefficient (Wildman–Crippen LogP) is 2.96. The van der Waals surface area contributed by atoms with Gasteiger partial charge in [0.2, 0.25) is 0 Å². The van der Waals surface area contributed by atoms with Crippen molar-refractivity contribution in [3.63, 3.8) is 0 Å². The molecule has 0 N–H and O–H groups in total. The first-order valence-corrected chi connectivity index (χ1v) is 4.76. The number of pyridine rings is 1. The van der Waals surface area contributed by atoms with E-state index < -0.39 is 0 Å². The molecule has 0 spiro atoms. The van der Waals surface area contributed by atoms with Crippen LogP contribution in [0.2, 0.25) is 4.47 Å². The molecule has 0 bridgehead atoms. The molecule has 2 nitrogen and oxygen atoms in total. The number of thiazole rings is 1. The van der Waals surface area contributed by atoms with Gasteiger partial charge in [0, 0.05) is 5.69 Å². The molecule has 0 fully saturated rings. The van der Waals surface area contributed by atoms with Crippen LogP contribution in [0.1, 0.15) is 11.4 Å². The fourth-order valence-corrected chi connectivity index (χ4v) is 2.37. The Hall–Kier alpha value is -0.670. The highest BCUT2D eigenvalue weighted by Gasteiger charge is 2.05. The zero-order valence-electron chi connectivity index (χ0n) is 6.76. The van der Waals surface area contributed by atoms with Crippen LogP contribution in [0.3, 0.4) is 0 Å². The molecule has 0 radical (unpaired) electrons. The van der Waals surface area contributed by atoms with Crippen LogP contribution in [-0.2, 0) is 0 Å². The number of nitrogens with zero attached hydrogens (tertiary/aromatic N) is 2. The van der Waals surface area contributed by atoms with Crippen molar-refractivity contribution in [3.8, 4) is 0 Å². The van der Waals surface area contributed by atoms with Crippen LogP contribution >= 0.6 is 22.9 Å². The molecule has 0 unspecified atom stereocenters. The van der Waals surface area contributed by atoms with Crippen LogP contribution in [0.5, 0.6) is 0 Å². The van der Waals surface area contributed by atoms with Crippen molar-refractivity contribution >= 4 is 33.2 Å². The summed E-state index contributed by atoms with van der Waals surface area (Å²) in [7, 11) is 0. The molecule has 0 aliphatic rings. The standard InChI is InChI=1S/C8H7ClN2S/c1-4-3-6-7(5(2)10-4)11-8(9)12-6/h3H,1-2H3. The number of aromatic nitrogens is 2. The van der Waals surface area contributed by atoms with Gasteiger partial charge in [-0.1, -0.05) is 11.6 Å². The molecule has 0 saturated carbocycles. The average Bonchev–Trinajstić information content (AvgIpc) is 2.29. The van der Waals surface area contributed by atoms with Crippen LogP contribution in [0.4, 0.5) is 0 Å². The third kappa shape index (κ3) is 1.19. The molecule has 0 atom stereocenters. The number of hydrogen-bond donors (Lipinski definition) is 0. The Labute approximate surface area is 79.2 Å². The van der Waals surface area contributed by atoms with Gasteiger partial charge in [-0.25, -0.2) is 4.98 Å². The molecule has 62 valence electrons. The molecule has 0 aliphatic heterocycles. The second-order valence-corrected chi connectivity index (χ2v) is 4.28. The van der Waals surface area contributed by atoms with Gasteiger partial charge in [0.15, 0.2) is 4.47 Å². The summed E-state index contributed by atoms with van der Waals surface area (Å²) in [6, 6.07) is 2.01. The normalized spacial score (nSPS) is 10.9. The van der Waals surface area contributed by atoms with Crippen molar-refractivity contribution in [2.45, 2.75) is 13.8 Å². The smallest absolute Gasteiger partial charge is 0.184 e. The Balaban J connectivity index is 2.88. The molecular weight excluding hydrogens is 192 g/mol. The van der Waals surface area contributed by atoms with E-state index in [-0.39, 0.29) is 0 Å². The predicted molar refractivity (Wildman–Crippen MR) is 51.9 cm³/mol. The largest absolute Gasteiger partial charge is 0.256 e. The summed E-state index contributed by atoms with van der Waals surface area (Å²) in [6.45, 7) is 3.92. The van der Waals surface area contributed by atoms with Gasteiger partial charge in [-0.2, -0.15) is 0 Å². The van der Waals surface area contributed by atoms with Gasteiger partial charge >= 0.3 is 0 Å². The van der Waals surface area contributed by atoms with Crippen molar-refractivity contribution in [2.75, 3.05) is 0 Å². The van der Waals surface area contributed by atoms with Gasteiger partial charge in [0.25, 0.3) is 0 Å². The van der Waals surface area contributed by atoms with Crippen LogP contribution in [0, 0.1) is 13.8 Å². The minimum Gasteiger partial charge on any atom is -0.256 e. The number of halogens is 1. The number of fused-ring (bicyclic) bond motifs is 1. The second-order valence-electron chi connectivity index (χ2n) is 2.66. The van der Waals surface area contributed by atoms with Crippen molar-refractivity contribution in [3.05, 3.63) is 21.9 Å². The Morgan fingerprint density at radius 3 is 2.83 bits per heavy atom. The first kappa shape index (κ1) is 7.95. The molecule has 2 rings (SSSR count). The quantitative estimate of drug-likeness (QED) is 0.651.